The lowest BCUT2D eigenvalue weighted by molar-refractivity contribution is 0.0952. The molecule has 0 aromatic heterocycles. The zero-order valence-electron chi connectivity index (χ0n) is 6.17. The quantitative estimate of drug-likeness (QED) is 0.701. The largest absolute Gasteiger partial charge is 0.393 e. The summed E-state index contributed by atoms with van der Waals surface area (Å²) in [5, 5.41) is 17.5. The molecule has 0 spiro atoms. The lowest BCUT2D eigenvalue weighted by Crippen LogP contribution is -2.03. The maximum atomic E-state index is 12.5. The highest BCUT2D eigenvalue weighted by Crippen LogP contribution is 2.15. The third kappa shape index (κ3) is 1.78. The summed E-state index contributed by atoms with van der Waals surface area (Å²) in [7, 11) is 0. The Kier molecular flexibility index (Phi) is 2.73. The van der Waals surface area contributed by atoms with Crippen LogP contribution in [0.1, 0.15) is 11.7 Å². The molecule has 0 aliphatic rings. The molecule has 1 rings (SSSR count). The van der Waals surface area contributed by atoms with Crippen molar-refractivity contribution in [2.75, 3.05) is 6.61 Å². The first kappa shape index (κ1) is 9.09. The van der Waals surface area contributed by atoms with Crippen molar-refractivity contribution in [3.63, 3.8) is 0 Å². The number of aliphatic hydroxyl groups is 2. The summed E-state index contributed by atoms with van der Waals surface area (Å²) < 4.78 is 24.9. The van der Waals surface area contributed by atoms with Crippen molar-refractivity contribution in [1.82, 2.24) is 0 Å². The van der Waals surface area contributed by atoms with E-state index in [2.05, 4.69) is 0 Å². The van der Waals surface area contributed by atoms with E-state index in [1.807, 2.05) is 0 Å². The smallest absolute Gasteiger partial charge is 0.159 e. The number of hydrogen-bond donors (Lipinski definition) is 2. The first-order valence-corrected chi connectivity index (χ1v) is 3.39. The molecule has 2 N–H and O–H groups in total. The van der Waals surface area contributed by atoms with Crippen molar-refractivity contribution in [1.29, 1.82) is 0 Å². The van der Waals surface area contributed by atoms with Gasteiger partial charge in [-0.3, -0.25) is 0 Å². The second kappa shape index (κ2) is 3.60. The fourth-order valence-corrected chi connectivity index (χ4v) is 0.825. The summed E-state index contributed by atoms with van der Waals surface area (Å²) in [6.07, 6.45) is -1.15. The molecule has 0 radical (unpaired) electrons. The van der Waals surface area contributed by atoms with Crippen molar-refractivity contribution >= 4 is 0 Å². The van der Waals surface area contributed by atoms with Gasteiger partial charge in [-0.05, 0) is 17.7 Å². The molecule has 1 atom stereocenters. The van der Waals surface area contributed by atoms with E-state index in [4.69, 9.17) is 10.2 Å². The predicted molar refractivity (Wildman–Crippen MR) is 38.4 cm³/mol. The maximum absolute atomic E-state index is 12.5. The molecule has 0 saturated carbocycles. The molecule has 1 unspecified atom stereocenters. The SMILES string of the molecule is OCC(O)c1ccc(F)c(F)c1. The second-order valence-corrected chi connectivity index (χ2v) is 2.37. The average Bonchev–Trinajstić information content (AvgIpc) is 2.08. The highest BCUT2D eigenvalue weighted by molar-refractivity contribution is 5.19. The zero-order chi connectivity index (χ0) is 9.14. The van der Waals surface area contributed by atoms with E-state index >= 15 is 0 Å². The van der Waals surface area contributed by atoms with Gasteiger partial charge >= 0.3 is 0 Å². The Labute approximate surface area is 68.1 Å². The minimum Gasteiger partial charge on any atom is -0.393 e. The highest BCUT2D eigenvalue weighted by Gasteiger charge is 2.08. The van der Waals surface area contributed by atoms with E-state index in [9.17, 15) is 8.78 Å². The van der Waals surface area contributed by atoms with Gasteiger partial charge in [-0.25, -0.2) is 8.78 Å². The average molecular weight is 174 g/mol. The van der Waals surface area contributed by atoms with Crippen molar-refractivity contribution in [2.45, 2.75) is 6.10 Å². The lowest BCUT2D eigenvalue weighted by Gasteiger charge is -2.06. The van der Waals surface area contributed by atoms with E-state index < -0.39 is 24.3 Å². The number of benzene rings is 1. The molecule has 66 valence electrons. The Bertz CT molecular complexity index is 276. The Balaban J connectivity index is 2.96. The van der Waals surface area contributed by atoms with Crippen LogP contribution in [-0.4, -0.2) is 16.8 Å². The molecule has 12 heavy (non-hydrogen) atoms. The topological polar surface area (TPSA) is 40.5 Å². The van der Waals surface area contributed by atoms with Crippen molar-refractivity contribution in [3.05, 3.63) is 35.4 Å². The number of halogens is 2. The van der Waals surface area contributed by atoms with Gasteiger partial charge in [0, 0.05) is 0 Å². The van der Waals surface area contributed by atoms with Crippen LogP contribution >= 0.6 is 0 Å². The van der Waals surface area contributed by atoms with E-state index in [1.54, 1.807) is 0 Å². The van der Waals surface area contributed by atoms with E-state index in [1.165, 1.54) is 6.07 Å². The molecule has 0 fully saturated rings. The Morgan fingerprint density at radius 3 is 2.42 bits per heavy atom. The van der Waals surface area contributed by atoms with Crippen LogP contribution in [-0.2, 0) is 0 Å². The van der Waals surface area contributed by atoms with Crippen LogP contribution in [0, 0.1) is 11.6 Å². The molecule has 1 aromatic rings. The molecule has 0 bridgehead atoms. The molecular formula is C8H8F2O2. The molecule has 2 nitrogen and oxygen atoms in total. The molecule has 0 heterocycles. The van der Waals surface area contributed by atoms with Gasteiger partial charge in [-0.2, -0.15) is 0 Å². The van der Waals surface area contributed by atoms with Crippen molar-refractivity contribution in [3.8, 4) is 0 Å². The van der Waals surface area contributed by atoms with E-state index in [0.717, 1.165) is 12.1 Å². The third-order valence-electron chi connectivity index (χ3n) is 1.50. The third-order valence-corrected chi connectivity index (χ3v) is 1.50. The van der Waals surface area contributed by atoms with Gasteiger partial charge in [0.2, 0.25) is 0 Å². The van der Waals surface area contributed by atoms with Crippen LogP contribution < -0.4 is 0 Å². The zero-order valence-corrected chi connectivity index (χ0v) is 6.17. The number of aliphatic hydroxyl groups excluding tert-OH is 2. The number of hydrogen-bond acceptors (Lipinski definition) is 2. The van der Waals surface area contributed by atoms with Crippen LogP contribution in [0.4, 0.5) is 8.78 Å². The summed E-state index contributed by atoms with van der Waals surface area (Å²) in [6, 6.07) is 2.99. The summed E-state index contributed by atoms with van der Waals surface area (Å²) in [6.45, 7) is -0.509. The van der Waals surface area contributed by atoms with Crippen LogP contribution in [0.15, 0.2) is 18.2 Å². The van der Waals surface area contributed by atoms with Gasteiger partial charge < -0.3 is 10.2 Å². The van der Waals surface area contributed by atoms with Crippen molar-refractivity contribution in [2.24, 2.45) is 0 Å². The van der Waals surface area contributed by atoms with E-state index in [0.29, 0.717) is 0 Å². The molecule has 0 aliphatic heterocycles. The Morgan fingerprint density at radius 2 is 1.92 bits per heavy atom. The Hall–Kier alpha value is -1.00. The molecule has 0 aliphatic carbocycles. The minimum atomic E-state index is -1.15. The first-order valence-electron chi connectivity index (χ1n) is 3.39. The van der Waals surface area contributed by atoms with E-state index in [-0.39, 0.29) is 5.56 Å². The lowest BCUT2D eigenvalue weighted by atomic mass is 10.1. The van der Waals surface area contributed by atoms with Crippen LogP contribution in [0.5, 0.6) is 0 Å². The standard InChI is InChI=1S/C8H8F2O2/c9-6-2-1-5(3-7(6)10)8(12)4-11/h1-3,8,11-12H,4H2. The fraction of sp³-hybridized carbons (Fsp3) is 0.250. The number of rotatable bonds is 2. The van der Waals surface area contributed by atoms with Gasteiger partial charge in [0.1, 0.15) is 6.10 Å². The monoisotopic (exact) mass is 174 g/mol. The van der Waals surface area contributed by atoms with Crippen LogP contribution in [0.25, 0.3) is 0 Å². The maximum Gasteiger partial charge on any atom is 0.159 e. The Morgan fingerprint density at radius 1 is 1.25 bits per heavy atom. The van der Waals surface area contributed by atoms with Crippen LogP contribution in [0.2, 0.25) is 0 Å². The summed E-state index contributed by atoms with van der Waals surface area (Å²) >= 11 is 0. The van der Waals surface area contributed by atoms with Gasteiger partial charge in [-0.1, -0.05) is 6.07 Å². The molecular weight excluding hydrogens is 166 g/mol. The fourth-order valence-electron chi connectivity index (χ4n) is 0.825. The summed E-state index contributed by atoms with van der Waals surface area (Å²) in [5.74, 6) is -2.00. The summed E-state index contributed by atoms with van der Waals surface area (Å²) in [5.41, 5.74) is 0.163. The molecule has 0 amide bonds. The predicted octanol–water partition coefficient (Wildman–Crippen LogP) is 0.990. The normalized spacial score (nSPS) is 13.0. The minimum absolute atomic E-state index is 0.163. The van der Waals surface area contributed by atoms with Gasteiger partial charge in [-0.15, -0.1) is 0 Å². The van der Waals surface area contributed by atoms with Crippen LogP contribution in [0.3, 0.4) is 0 Å². The second-order valence-electron chi connectivity index (χ2n) is 2.37. The molecule has 0 saturated heterocycles. The van der Waals surface area contributed by atoms with Gasteiger partial charge in [0.15, 0.2) is 11.6 Å². The highest BCUT2D eigenvalue weighted by atomic mass is 19.2. The van der Waals surface area contributed by atoms with Gasteiger partial charge in [0.05, 0.1) is 6.61 Å². The van der Waals surface area contributed by atoms with Gasteiger partial charge in [0.25, 0.3) is 0 Å². The summed E-state index contributed by atoms with van der Waals surface area (Å²) in [4.78, 5) is 0. The first-order chi connectivity index (χ1) is 5.65. The molecule has 1 aromatic carbocycles. The molecule has 4 heteroatoms. The van der Waals surface area contributed by atoms with Crippen molar-refractivity contribution < 1.29 is 19.0 Å².